The van der Waals surface area contributed by atoms with Gasteiger partial charge in [0.25, 0.3) is 0 Å². The van der Waals surface area contributed by atoms with Gasteiger partial charge in [-0.2, -0.15) is 0 Å². The van der Waals surface area contributed by atoms with E-state index in [9.17, 15) is 0 Å². The largest absolute Gasteiger partial charge is 0.0622 e. The van der Waals surface area contributed by atoms with Crippen LogP contribution in [0.5, 0.6) is 0 Å². The second kappa shape index (κ2) is 12.8. The summed E-state index contributed by atoms with van der Waals surface area (Å²) in [5.41, 5.74) is 6.18. The number of fused-ring (bicyclic) bond motifs is 1. The van der Waals surface area contributed by atoms with E-state index < -0.39 is 15.8 Å². The van der Waals surface area contributed by atoms with Gasteiger partial charge in [0.05, 0.1) is 0 Å². The summed E-state index contributed by atoms with van der Waals surface area (Å²) in [6.07, 6.45) is 3.33. The third-order valence-electron chi connectivity index (χ3n) is 8.67. The molecule has 0 radical (unpaired) electrons. The number of aryl methyl sites for hydroxylation is 2. The van der Waals surface area contributed by atoms with Gasteiger partial charge in [-0.1, -0.05) is 165 Å². The van der Waals surface area contributed by atoms with E-state index >= 15 is 0 Å². The van der Waals surface area contributed by atoms with Crippen LogP contribution in [0.2, 0.25) is 0 Å². The Hall–Kier alpha value is -3.82. The van der Waals surface area contributed by atoms with Gasteiger partial charge >= 0.3 is 0 Å². The standard InChI is InChI=1S/C41H36P2/c1-2-31-17-15-27-38(42(33-19-7-3-8-20-33)34-21-9-4-10-22-34)40(31)37-30-29-32-18-16-28-39(41(32)37)43(35-23-11-5-12-24-35)36-25-13-6-14-26-36/h3-28,37H,2,29-30H2,1H3/t37-/m0/s1. The van der Waals surface area contributed by atoms with Gasteiger partial charge < -0.3 is 0 Å². The molecule has 6 aromatic carbocycles. The summed E-state index contributed by atoms with van der Waals surface area (Å²) in [6.45, 7) is 2.33. The summed E-state index contributed by atoms with van der Waals surface area (Å²) in [5, 5.41) is 8.71. The third kappa shape index (κ3) is 5.52. The predicted molar refractivity (Wildman–Crippen MR) is 190 cm³/mol. The molecule has 0 aliphatic heterocycles. The van der Waals surface area contributed by atoms with Gasteiger partial charge in [0, 0.05) is 5.92 Å². The molecular formula is C41H36P2. The predicted octanol–water partition coefficient (Wildman–Crippen LogP) is 7.84. The molecule has 1 atom stereocenters. The van der Waals surface area contributed by atoms with Crippen LogP contribution in [0.25, 0.3) is 0 Å². The minimum absolute atomic E-state index is 0.382. The van der Waals surface area contributed by atoms with Crippen LogP contribution in [-0.2, 0) is 12.8 Å². The summed E-state index contributed by atoms with van der Waals surface area (Å²) in [7, 11) is -1.39. The topological polar surface area (TPSA) is 0 Å². The van der Waals surface area contributed by atoms with E-state index in [1.165, 1.54) is 43.0 Å². The minimum Gasteiger partial charge on any atom is -0.0622 e. The quantitative estimate of drug-likeness (QED) is 0.159. The molecule has 0 bridgehead atoms. The van der Waals surface area contributed by atoms with Crippen molar-refractivity contribution in [3.05, 3.63) is 180 Å². The molecule has 6 aromatic rings. The molecule has 0 saturated carbocycles. The highest BCUT2D eigenvalue weighted by atomic mass is 31.1. The lowest BCUT2D eigenvalue weighted by molar-refractivity contribution is 0.783. The molecule has 1 aliphatic carbocycles. The second-order valence-electron chi connectivity index (χ2n) is 11.2. The number of hydrogen-bond donors (Lipinski definition) is 0. The van der Waals surface area contributed by atoms with E-state index in [2.05, 4.69) is 165 Å². The first-order valence-electron chi connectivity index (χ1n) is 15.4. The lowest BCUT2D eigenvalue weighted by Crippen LogP contribution is -2.28. The average Bonchev–Trinajstić information content (AvgIpc) is 3.51. The van der Waals surface area contributed by atoms with Crippen LogP contribution in [-0.4, -0.2) is 0 Å². The molecule has 1 aliphatic rings. The molecule has 0 spiro atoms. The Morgan fingerprint density at radius 2 is 0.884 bits per heavy atom. The van der Waals surface area contributed by atoms with Crippen LogP contribution < -0.4 is 31.8 Å². The average molecular weight is 591 g/mol. The van der Waals surface area contributed by atoms with Crippen molar-refractivity contribution in [2.45, 2.75) is 32.1 Å². The molecule has 0 amide bonds. The molecule has 0 saturated heterocycles. The zero-order valence-corrected chi connectivity index (χ0v) is 26.4. The normalized spacial score (nSPS) is 14.3. The molecule has 7 rings (SSSR count). The van der Waals surface area contributed by atoms with E-state index in [4.69, 9.17) is 0 Å². The first-order valence-corrected chi connectivity index (χ1v) is 18.1. The summed E-state index contributed by atoms with van der Waals surface area (Å²) in [5.74, 6) is 0.382. The van der Waals surface area contributed by atoms with Crippen LogP contribution in [0.1, 0.15) is 41.5 Å². The Balaban J connectivity index is 1.46. The van der Waals surface area contributed by atoms with E-state index in [1.54, 1.807) is 11.1 Å². The Kier molecular flexibility index (Phi) is 8.34. The summed E-state index contributed by atoms with van der Waals surface area (Å²) < 4.78 is 0. The fraction of sp³-hybridized carbons (Fsp3) is 0.122. The monoisotopic (exact) mass is 590 g/mol. The molecule has 0 fully saturated rings. The van der Waals surface area contributed by atoms with Crippen LogP contribution in [0.3, 0.4) is 0 Å². The van der Waals surface area contributed by atoms with Gasteiger partial charge in [-0.3, -0.25) is 0 Å². The fourth-order valence-corrected chi connectivity index (χ4v) is 12.0. The van der Waals surface area contributed by atoms with Crippen LogP contribution in [0.4, 0.5) is 0 Å². The molecule has 43 heavy (non-hydrogen) atoms. The van der Waals surface area contributed by atoms with E-state index in [0.717, 1.165) is 19.3 Å². The van der Waals surface area contributed by atoms with Crippen molar-refractivity contribution in [3.8, 4) is 0 Å². The van der Waals surface area contributed by atoms with Gasteiger partial charge in [0.2, 0.25) is 0 Å². The van der Waals surface area contributed by atoms with Gasteiger partial charge in [-0.25, -0.2) is 0 Å². The molecule has 0 unspecified atom stereocenters. The summed E-state index contributed by atoms with van der Waals surface area (Å²) >= 11 is 0. The van der Waals surface area contributed by atoms with Gasteiger partial charge in [0.15, 0.2) is 0 Å². The van der Waals surface area contributed by atoms with Crippen molar-refractivity contribution in [1.29, 1.82) is 0 Å². The molecular weight excluding hydrogens is 554 g/mol. The Labute approximate surface area is 259 Å². The molecule has 0 heterocycles. The van der Waals surface area contributed by atoms with Crippen molar-refractivity contribution >= 4 is 47.7 Å². The first kappa shape index (κ1) is 28.0. The maximum atomic E-state index is 2.44. The van der Waals surface area contributed by atoms with Crippen LogP contribution in [0, 0.1) is 0 Å². The lowest BCUT2D eigenvalue weighted by atomic mass is 9.88. The lowest BCUT2D eigenvalue weighted by Gasteiger charge is -2.30. The van der Waals surface area contributed by atoms with Crippen molar-refractivity contribution < 1.29 is 0 Å². The second-order valence-corrected chi connectivity index (χ2v) is 15.5. The van der Waals surface area contributed by atoms with E-state index in [-0.39, 0.29) is 0 Å². The third-order valence-corrected chi connectivity index (χ3v) is 13.7. The molecule has 0 N–H and O–H groups in total. The highest BCUT2D eigenvalue weighted by Crippen LogP contribution is 2.46. The van der Waals surface area contributed by atoms with Crippen molar-refractivity contribution in [1.82, 2.24) is 0 Å². The Morgan fingerprint density at radius 3 is 1.33 bits per heavy atom. The zero-order chi connectivity index (χ0) is 29.0. The van der Waals surface area contributed by atoms with Gasteiger partial charge in [-0.15, -0.1) is 0 Å². The maximum absolute atomic E-state index is 2.44. The summed E-state index contributed by atoms with van der Waals surface area (Å²) in [4.78, 5) is 0. The Bertz CT molecular complexity index is 1720. The summed E-state index contributed by atoms with van der Waals surface area (Å²) in [6, 6.07) is 59.1. The van der Waals surface area contributed by atoms with Gasteiger partial charge in [0.1, 0.15) is 0 Å². The van der Waals surface area contributed by atoms with Crippen molar-refractivity contribution in [2.24, 2.45) is 0 Å². The van der Waals surface area contributed by atoms with Crippen LogP contribution >= 0.6 is 15.8 Å². The van der Waals surface area contributed by atoms with E-state index in [0.29, 0.717) is 5.92 Å². The van der Waals surface area contributed by atoms with E-state index in [1.807, 2.05) is 0 Å². The maximum Gasteiger partial charge on any atom is 0.0111 e. The highest BCUT2D eigenvalue weighted by molar-refractivity contribution is 7.80. The zero-order valence-electron chi connectivity index (χ0n) is 24.6. The van der Waals surface area contributed by atoms with Crippen molar-refractivity contribution in [3.63, 3.8) is 0 Å². The molecule has 0 nitrogen and oxygen atoms in total. The van der Waals surface area contributed by atoms with Crippen LogP contribution in [0.15, 0.2) is 158 Å². The first-order chi connectivity index (χ1) is 21.3. The minimum atomic E-state index is -0.701. The fourth-order valence-electron chi connectivity index (χ4n) is 6.82. The van der Waals surface area contributed by atoms with Gasteiger partial charge in [-0.05, 0) is 89.2 Å². The number of benzene rings is 6. The number of hydrogen-bond acceptors (Lipinski definition) is 0. The highest BCUT2D eigenvalue weighted by Gasteiger charge is 2.34. The molecule has 2 heteroatoms. The SMILES string of the molecule is CCc1cccc(P(c2ccccc2)c2ccccc2)c1[C@@H]1CCc2cccc(P(c3ccccc3)c3ccccc3)c21. The Morgan fingerprint density at radius 1 is 0.465 bits per heavy atom. The van der Waals surface area contributed by atoms with Crippen molar-refractivity contribution in [2.75, 3.05) is 0 Å². The smallest absolute Gasteiger partial charge is 0.0111 e. The molecule has 210 valence electrons. The number of rotatable bonds is 8. The molecule has 0 aromatic heterocycles.